The van der Waals surface area contributed by atoms with Crippen LogP contribution in [0.3, 0.4) is 0 Å². The number of benzene rings is 3. The summed E-state index contributed by atoms with van der Waals surface area (Å²) in [4.78, 5) is 12.3. The Morgan fingerprint density at radius 2 is 1.64 bits per heavy atom. The van der Waals surface area contributed by atoms with Crippen LogP contribution in [0.1, 0.15) is 0 Å². The maximum absolute atomic E-state index is 5.43. The molecule has 0 unspecified atom stereocenters. The highest BCUT2D eigenvalue weighted by Crippen LogP contribution is 2.36. The van der Waals surface area contributed by atoms with E-state index >= 15 is 0 Å². The molecule has 6 nitrogen and oxygen atoms in total. The molecule has 0 aliphatic rings. The first-order chi connectivity index (χ1) is 13.8. The fourth-order valence-corrected chi connectivity index (χ4v) is 3.52. The smallest absolute Gasteiger partial charge is 0.162 e. The number of fused-ring (bicyclic) bond motifs is 4. The maximum Gasteiger partial charge on any atom is 0.162 e. The maximum atomic E-state index is 5.43. The SMILES string of the molecule is COc1cc2[nH]c3c(Nc4ccc5ccccc5c4)ncnc3c2cc1OC. The topological polar surface area (TPSA) is 72.1 Å². The van der Waals surface area contributed by atoms with Gasteiger partial charge in [-0.25, -0.2) is 9.97 Å². The molecule has 3 aromatic carbocycles. The third-order valence-corrected chi connectivity index (χ3v) is 4.90. The molecular weight excluding hydrogens is 352 g/mol. The molecule has 0 radical (unpaired) electrons. The minimum atomic E-state index is 0.665. The number of hydrogen-bond acceptors (Lipinski definition) is 5. The second-order valence-corrected chi connectivity index (χ2v) is 6.51. The first kappa shape index (κ1) is 16.4. The average molecular weight is 370 g/mol. The highest BCUT2D eigenvalue weighted by atomic mass is 16.5. The zero-order valence-electron chi connectivity index (χ0n) is 15.5. The van der Waals surface area contributed by atoms with E-state index in [2.05, 4.69) is 44.5 Å². The van der Waals surface area contributed by atoms with Gasteiger partial charge in [-0.3, -0.25) is 0 Å². The van der Waals surface area contributed by atoms with Crippen LogP contribution in [0.4, 0.5) is 11.5 Å². The van der Waals surface area contributed by atoms with E-state index in [1.54, 1.807) is 20.5 Å². The summed E-state index contributed by atoms with van der Waals surface area (Å²) in [5.74, 6) is 2.05. The number of nitrogens with one attached hydrogen (secondary N) is 2. The Bertz CT molecular complexity index is 1330. The minimum Gasteiger partial charge on any atom is -0.493 e. The molecule has 5 rings (SSSR count). The molecule has 6 heteroatoms. The van der Waals surface area contributed by atoms with Crippen molar-refractivity contribution in [2.24, 2.45) is 0 Å². The van der Waals surface area contributed by atoms with Crippen LogP contribution in [0.25, 0.3) is 32.7 Å². The van der Waals surface area contributed by atoms with Gasteiger partial charge in [-0.05, 0) is 29.0 Å². The summed E-state index contributed by atoms with van der Waals surface area (Å²) in [6.07, 6.45) is 1.57. The lowest BCUT2D eigenvalue weighted by atomic mass is 10.1. The predicted octanol–water partition coefficient (Wildman–Crippen LogP) is 5.03. The van der Waals surface area contributed by atoms with E-state index in [1.807, 2.05) is 30.3 Å². The Hall–Kier alpha value is -3.80. The number of anilines is 2. The van der Waals surface area contributed by atoms with Gasteiger partial charge in [0.2, 0.25) is 0 Å². The van der Waals surface area contributed by atoms with E-state index < -0.39 is 0 Å². The molecule has 5 aromatic rings. The van der Waals surface area contributed by atoms with Crippen molar-refractivity contribution < 1.29 is 9.47 Å². The molecule has 2 aromatic heterocycles. The summed E-state index contributed by atoms with van der Waals surface area (Å²) in [7, 11) is 3.25. The number of H-pyrrole nitrogens is 1. The lowest BCUT2D eigenvalue weighted by Gasteiger charge is -2.07. The molecule has 138 valence electrons. The van der Waals surface area contributed by atoms with Crippen molar-refractivity contribution in [1.82, 2.24) is 15.0 Å². The molecule has 0 aliphatic heterocycles. The molecule has 0 saturated heterocycles. The number of aromatic amines is 1. The largest absolute Gasteiger partial charge is 0.493 e. The van der Waals surface area contributed by atoms with Gasteiger partial charge in [-0.2, -0.15) is 0 Å². The first-order valence-electron chi connectivity index (χ1n) is 8.91. The summed E-state index contributed by atoms with van der Waals surface area (Å²) in [6, 6.07) is 18.4. The quantitative estimate of drug-likeness (QED) is 0.464. The van der Waals surface area contributed by atoms with Crippen molar-refractivity contribution in [1.29, 1.82) is 0 Å². The normalized spacial score (nSPS) is 11.2. The average Bonchev–Trinajstić information content (AvgIpc) is 3.11. The van der Waals surface area contributed by atoms with Crippen molar-refractivity contribution in [2.75, 3.05) is 19.5 Å². The van der Waals surface area contributed by atoms with Gasteiger partial charge in [-0.15, -0.1) is 0 Å². The van der Waals surface area contributed by atoms with Gasteiger partial charge in [-0.1, -0.05) is 30.3 Å². The van der Waals surface area contributed by atoms with Crippen LogP contribution >= 0.6 is 0 Å². The molecule has 0 amide bonds. The fraction of sp³-hybridized carbons (Fsp3) is 0.0909. The summed E-state index contributed by atoms with van der Waals surface area (Å²) >= 11 is 0. The number of aromatic nitrogens is 3. The van der Waals surface area contributed by atoms with Crippen LogP contribution in [-0.2, 0) is 0 Å². The van der Waals surface area contributed by atoms with Crippen molar-refractivity contribution in [2.45, 2.75) is 0 Å². The second kappa shape index (κ2) is 6.42. The Morgan fingerprint density at radius 3 is 2.46 bits per heavy atom. The lowest BCUT2D eigenvalue weighted by Crippen LogP contribution is -1.95. The van der Waals surface area contributed by atoms with Crippen LogP contribution in [0.2, 0.25) is 0 Å². The monoisotopic (exact) mass is 370 g/mol. The van der Waals surface area contributed by atoms with E-state index in [-0.39, 0.29) is 0 Å². The van der Waals surface area contributed by atoms with E-state index in [0.29, 0.717) is 11.5 Å². The Morgan fingerprint density at radius 1 is 0.857 bits per heavy atom. The Balaban J connectivity index is 1.64. The van der Waals surface area contributed by atoms with Crippen LogP contribution in [0, 0.1) is 0 Å². The van der Waals surface area contributed by atoms with Crippen LogP contribution in [0.15, 0.2) is 60.9 Å². The Labute approximate surface area is 161 Å². The zero-order chi connectivity index (χ0) is 19.1. The van der Waals surface area contributed by atoms with Crippen LogP contribution in [-0.4, -0.2) is 29.2 Å². The zero-order valence-corrected chi connectivity index (χ0v) is 15.5. The summed E-state index contributed by atoms with van der Waals surface area (Å²) in [5.41, 5.74) is 3.54. The number of hydrogen-bond donors (Lipinski definition) is 2. The van der Waals surface area contributed by atoms with E-state index in [0.717, 1.165) is 33.4 Å². The van der Waals surface area contributed by atoms with Gasteiger partial charge in [0.25, 0.3) is 0 Å². The van der Waals surface area contributed by atoms with E-state index in [9.17, 15) is 0 Å². The molecule has 2 heterocycles. The molecule has 0 atom stereocenters. The highest BCUT2D eigenvalue weighted by Gasteiger charge is 2.14. The molecule has 0 spiro atoms. The third kappa shape index (κ3) is 2.58. The van der Waals surface area contributed by atoms with Gasteiger partial charge >= 0.3 is 0 Å². The molecule has 2 N–H and O–H groups in total. The molecule has 0 saturated carbocycles. The lowest BCUT2D eigenvalue weighted by molar-refractivity contribution is 0.356. The van der Waals surface area contributed by atoms with E-state index in [4.69, 9.17) is 9.47 Å². The Kier molecular flexibility index (Phi) is 3.76. The molecule has 0 aliphatic carbocycles. The van der Waals surface area contributed by atoms with Crippen molar-refractivity contribution in [3.05, 3.63) is 60.9 Å². The number of methoxy groups -OCH3 is 2. The predicted molar refractivity (Wildman–Crippen MR) is 112 cm³/mol. The van der Waals surface area contributed by atoms with Gasteiger partial charge in [0, 0.05) is 17.1 Å². The molecule has 0 fully saturated rings. The van der Waals surface area contributed by atoms with Gasteiger partial charge in [0.1, 0.15) is 17.4 Å². The van der Waals surface area contributed by atoms with Gasteiger partial charge in [0.15, 0.2) is 17.3 Å². The summed E-state index contributed by atoms with van der Waals surface area (Å²) < 4.78 is 10.8. The summed E-state index contributed by atoms with van der Waals surface area (Å²) in [5, 5.41) is 6.74. The minimum absolute atomic E-state index is 0.665. The fourth-order valence-electron chi connectivity index (χ4n) is 3.52. The van der Waals surface area contributed by atoms with Crippen molar-refractivity contribution >= 4 is 44.2 Å². The molecular formula is C22H18N4O2. The van der Waals surface area contributed by atoms with Crippen LogP contribution < -0.4 is 14.8 Å². The van der Waals surface area contributed by atoms with Crippen molar-refractivity contribution in [3.8, 4) is 11.5 Å². The highest BCUT2D eigenvalue weighted by molar-refractivity contribution is 6.09. The summed E-state index contributed by atoms with van der Waals surface area (Å²) in [6.45, 7) is 0. The number of rotatable bonds is 4. The molecule has 28 heavy (non-hydrogen) atoms. The number of ether oxygens (including phenoxy) is 2. The van der Waals surface area contributed by atoms with Crippen molar-refractivity contribution in [3.63, 3.8) is 0 Å². The third-order valence-electron chi connectivity index (χ3n) is 4.90. The van der Waals surface area contributed by atoms with Crippen LogP contribution in [0.5, 0.6) is 11.5 Å². The molecule has 0 bridgehead atoms. The van der Waals surface area contributed by atoms with E-state index in [1.165, 1.54) is 10.8 Å². The van der Waals surface area contributed by atoms with Gasteiger partial charge in [0.05, 0.1) is 19.7 Å². The van der Waals surface area contributed by atoms with Gasteiger partial charge < -0.3 is 19.8 Å². The number of nitrogens with zero attached hydrogens (tertiary/aromatic N) is 2. The second-order valence-electron chi connectivity index (χ2n) is 6.51. The standard InChI is InChI=1S/C22H18N4O2/c1-27-18-10-16-17(11-19(18)28-2)26-21-20(16)23-12-24-22(21)25-15-8-7-13-5-3-4-6-14(13)9-15/h3-12,26H,1-2H3,(H,23,24,25). The first-order valence-corrected chi connectivity index (χ1v) is 8.91.